The maximum absolute atomic E-state index is 12.3. The highest BCUT2D eigenvalue weighted by Crippen LogP contribution is 2.14. The van der Waals surface area contributed by atoms with Crippen LogP contribution in [0.1, 0.15) is 32.1 Å². The smallest absolute Gasteiger partial charge is 0.222 e. The molecule has 0 radical (unpaired) electrons. The fourth-order valence-electron chi connectivity index (χ4n) is 3.32. The van der Waals surface area contributed by atoms with Crippen LogP contribution < -0.4 is 4.90 Å². The fourth-order valence-corrected chi connectivity index (χ4v) is 3.32. The molecular weight excluding hydrogens is 306 g/mol. The molecule has 24 heavy (non-hydrogen) atoms. The molecule has 2 aliphatic heterocycles. The molecule has 1 aromatic heterocycles. The Kier molecular flexibility index (Phi) is 5.61. The summed E-state index contributed by atoms with van der Waals surface area (Å²) >= 11 is 0. The summed E-state index contributed by atoms with van der Waals surface area (Å²) in [5.74, 6) is 1.30. The number of hydrogen-bond donors (Lipinski definition) is 0. The van der Waals surface area contributed by atoms with Crippen LogP contribution in [0.3, 0.4) is 0 Å². The first-order valence-electron chi connectivity index (χ1n) is 8.80. The zero-order valence-corrected chi connectivity index (χ0v) is 14.1. The van der Waals surface area contributed by atoms with E-state index < -0.39 is 0 Å². The lowest BCUT2D eigenvalue weighted by Gasteiger charge is -2.35. The quantitative estimate of drug-likeness (QED) is 0.802. The molecule has 0 N–H and O–H groups in total. The first-order valence-corrected chi connectivity index (χ1v) is 8.80. The summed E-state index contributed by atoms with van der Waals surface area (Å²) in [5, 5.41) is 0. The zero-order chi connectivity index (χ0) is 16.8. The van der Waals surface area contributed by atoms with Crippen LogP contribution in [0.4, 0.5) is 5.82 Å². The van der Waals surface area contributed by atoms with Crippen LogP contribution in [0.25, 0.3) is 0 Å². The van der Waals surface area contributed by atoms with Crippen molar-refractivity contribution in [3.8, 4) is 0 Å². The first kappa shape index (κ1) is 16.7. The molecule has 0 aromatic carbocycles. The Hall–Kier alpha value is -2.18. The summed E-state index contributed by atoms with van der Waals surface area (Å²) in [6.07, 6.45) is 9.15. The van der Waals surface area contributed by atoms with Crippen LogP contribution in [0.5, 0.6) is 0 Å². The van der Waals surface area contributed by atoms with E-state index in [2.05, 4.69) is 14.9 Å². The zero-order valence-electron chi connectivity index (χ0n) is 14.1. The van der Waals surface area contributed by atoms with E-state index >= 15 is 0 Å². The number of likely N-dealkylation sites (tertiary alicyclic amines) is 1. The van der Waals surface area contributed by atoms with E-state index in [9.17, 15) is 9.59 Å². The molecule has 0 unspecified atom stereocenters. The van der Waals surface area contributed by atoms with Gasteiger partial charge in [-0.15, -0.1) is 0 Å². The lowest BCUT2D eigenvalue weighted by Crippen LogP contribution is -2.49. The Labute approximate surface area is 142 Å². The predicted octanol–water partition coefficient (Wildman–Crippen LogP) is 0.918. The molecule has 130 valence electrons. The van der Waals surface area contributed by atoms with Crippen LogP contribution in [0.15, 0.2) is 18.6 Å². The van der Waals surface area contributed by atoms with E-state index in [0.717, 1.165) is 57.8 Å². The summed E-state index contributed by atoms with van der Waals surface area (Å²) in [6, 6.07) is 0. The minimum atomic E-state index is 0.193. The Bertz CT molecular complexity index is 557. The van der Waals surface area contributed by atoms with Crippen molar-refractivity contribution in [3.63, 3.8) is 0 Å². The number of piperazine rings is 1. The lowest BCUT2D eigenvalue weighted by molar-refractivity contribution is -0.135. The molecule has 3 heterocycles. The number of piperidine rings is 1. The third-order valence-corrected chi connectivity index (χ3v) is 4.75. The number of hydrogen-bond acceptors (Lipinski definition) is 5. The van der Waals surface area contributed by atoms with Crippen molar-refractivity contribution in [2.24, 2.45) is 0 Å². The van der Waals surface area contributed by atoms with Gasteiger partial charge in [-0.1, -0.05) is 0 Å². The molecule has 7 nitrogen and oxygen atoms in total. The third kappa shape index (κ3) is 4.21. The molecule has 2 amide bonds. The number of carbonyl (C=O) groups excluding carboxylic acids is 2. The largest absolute Gasteiger partial charge is 0.352 e. The Morgan fingerprint density at radius 3 is 2.62 bits per heavy atom. The number of rotatable bonds is 5. The van der Waals surface area contributed by atoms with Crippen molar-refractivity contribution in [1.82, 2.24) is 19.8 Å². The lowest BCUT2D eigenvalue weighted by atomic mass is 10.1. The van der Waals surface area contributed by atoms with Gasteiger partial charge < -0.3 is 14.7 Å². The number of anilines is 1. The molecule has 3 rings (SSSR count). The van der Waals surface area contributed by atoms with Gasteiger partial charge >= 0.3 is 0 Å². The predicted molar refractivity (Wildman–Crippen MR) is 90.5 cm³/mol. The van der Waals surface area contributed by atoms with Gasteiger partial charge in [-0.2, -0.15) is 0 Å². The summed E-state index contributed by atoms with van der Waals surface area (Å²) in [6.45, 7) is 4.58. The third-order valence-electron chi connectivity index (χ3n) is 4.75. The molecule has 0 spiro atoms. The molecule has 0 aliphatic carbocycles. The van der Waals surface area contributed by atoms with Crippen LogP contribution >= 0.6 is 0 Å². The van der Waals surface area contributed by atoms with E-state index in [4.69, 9.17) is 0 Å². The highest BCUT2D eigenvalue weighted by Gasteiger charge is 2.22. The van der Waals surface area contributed by atoms with Crippen LogP contribution in [0, 0.1) is 0 Å². The number of nitrogens with zero attached hydrogens (tertiary/aromatic N) is 5. The van der Waals surface area contributed by atoms with Crippen LogP contribution in [-0.2, 0) is 9.59 Å². The van der Waals surface area contributed by atoms with Crippen molar-refractivity contribution in [1.29, 1.82) is 0 Å². The molecule has 0 saturated carbocycles. The maximum atomic E-state index is 12.3. The minimum absolute atomic E-state index is 0.193. The monoisotopic (exact) mass is 331 g/mol. The number of carbonyl (C=O) groups is 2. The van der Waals surface area contributed by atoms with E-state index in [0.29, 0.717) is 19.4 Å². The molecule has 2 saturated heterocycles. The molecule has 2 fully saturated rings. The second kappa shape index (κ2) is 8.08. The summed E-state index contributed by atoms with van der Waals surface area (Å²) < 4.78 is 0. The molecule has 7 heteroatoms. The van der Waals surface area contributed by atoms with Gasteiger partial charge in [0.25, 0.3) is 0 Å². The van der Waals surface area contributed by atoms with E-state index in [-0.39, 0.29) is 11.8 Å². The summed E-state index contributed by atoms with van der Waals surface area (Å²) in [5.41, 5.74) is 0. The van der Waals surface area contributed by atoms with Crippen molar-refractivity contribution in [2.45, 2.75) is 32.1 Å². The van der Waals surface area contributed by atoms with Gasteiger partial charge in [-0.05, 0) is 19.3 Å². The van der Waals surface area contributed by atoms with E-state index in [1.807, 2.05) is 9.80 Å². The van der Waals surface area contributed by atoms with Crippen molar-refractivity contribution >= 4 is 17.6 Å². The van der Waals surface area contributed by atoms with Crippen LogP contribution in [0.2, 0.25) is 0 Å². The minimum Gasteiger partial charge on any atom is -0.352 e. The topological polar surface area (TPSA) is 69.6 Å². The summed E-state index contributed by atoms with van der Waals surface area (Å²) in [4.78, 5) is 38.5. The highest BCUT2D eigenvalue weighted by molar-refractivity contribution is 5.78. The van der Waals surface area contributed by atoms with Gasteiger partial charge in [0.05, 0.1) is 6.20 Å². The maximum Gasteiger partial charge on any atom is 0.222 e. The Morgan fingerprint density at radius 1 is 1.08 bits per heavy atom. The van der Waals surface area contributed by atoms with Gasteiger partial charge in [-0.3, -0.25) is 14.6 Å². The average Bonchev–Trinajstić information content (AvgIpc) is 2.64. The molecule has 2 aliphatic rings. The average molecular weight is 331 g/mol. The molecule has 0 atom stereocenters. The van der Waals surface area contributed by atoms with E-state index in [1.54, 1.807) is 18.6 Å². The van der Waals surface area contributed by atoms with Gasteiger partial charge in [0.1, 0.15) is 5.82 Å². The van der Waals surface area contributed by atoms with Crippen molar-refractivity contribution in [2.75, 3.05) is 44.2 Å². The van der Waals surface area contributed by atoms with Crippen LogP contribution in [-0.4, -0.2) is 70.9 Å². The number of aromatic nitrogens is 2. The number of amides is 2. The first-order chi connectivity index (χ1) is 11.7. The molecule has 0 bridgehead atoms. The van der Waals surface area contributed by atoms with E-state index in [1.165, 1.54) is 0 Å². The second-order valence-corrected chi connectivity index (χ2v) is 6.37. The Balaban J connectivity index is 1.38. The standard InChI is InChI=1S/C17H25N5O2/c23-16-4-1-2-8-21(16)9-3-5-17(24)22-12-10-20(11-13-22)15-14-18-6-7-19-15/h6-7,14H,1-5,8-13H2. The van der Waals surface area contributed by atoms with Gasteiger partial charge in [0.15, 0.2) is 0 Å². The highest BCUT2D eigenvalue weighted by atomic mass is 16.2. The fraction of sp³-hybridized carbons (Fsp3) is 0.647. The molecular formula is C17H25N5O2. The summed E-state index contributed by atoms with van der Waals surface area (Å²) in [7, 11) is 0. The van der Waals surface area contributed by atoms with Gasteiger partial charge in [0, 0.05) is 64.5 Å². The normalized spacial score (nSPS) is 18.8. The van der Waals surface area contributed by atoms with Gasteiger partial charge in [0.2, 0.25) is 11.8 Å². The second-order valence-electron chi connectivity index (χ2n) is 6.37. The Morgan fingerprint density at radius 2 is 1.92 bits per heavy atom. The van der Waals surface area contributed by atoms with Crippen molar-refractivity contribution in [3.05, 3.63) is 18.6 Å². The molecule has 1 aromatic rings. The van der Waals surface area contributed by atoms with Crippen molar-refractivity contribution < 1.29 is 9.59 Å². The SMILES string of the molecule is O=C1CCCCN1CCCC(=O)N1CCN(c2cnccn2)CC1. The van der Waals surface area contributed by atoms with Gasteiger partial charge in [-0.25, -0.2) is 4.98 Å².